The van der Waals surface area contributed by atoms with Crippen LogP contribution in [0.4, 0.5) is 0 Å². The zero-order valence-corrected chi connectivity index (χ0v) is 41.0. The van der Waals surface area contributed by atoms with Gasteiger partial charge in [-0.1, -0.05) is 223 Å². The summed E-state index contributed by atoms with van der Waals surface area (Å²) >= 11 is 0. The van der Waals surface area contributed by atoms with Gasteiger partial charge in [0.2, 0.25) is 5.91 Å². The lowest BCUT2D eigenvalue weighted by Gasteiger charge is -2.24. The Hall–Kier alpha value is -2.44. The van der Waals surface area contributed by atoms with Crippen molar-refractivity contribution in [3.8, 4) is 0 Å². The number of aliphatic hydroxyl groups excluding tert-OH is 2. The highest BCUT2D eigenvalue weighted by atomic mass is 16.5. The Labute approximate surface area is 384 Å². The molecule has 0 aromatic heterocycles. The number of esters is 1. The summed E-state index contributed by atoms with van der Waals surface area (Å²) in [5.74, 6) is -0.508. The molecule has 0 spiro atoms. The first-order valence-electron chi connectivity index (χ1n) is 26.5. The molecule has 0 rings (SSSR count). The third-order valence-electron chi connectivity index (χ3n) is 11.9. The average Bonchev–Trinajstić information content (AvgIpc) is 3.26. The molecule has 0 fully saturated rings. The van der Waals surface area contributed by atoms with E-state index >= 15 is 0 Å². The predicted molar refractivity (Wildman–Crippen MR) is 268 cm³/mol. The maximum atomic E-state index is 13.2. The Balaban J connectivity index is 4.64. The number of aliphatic hydroxyl groups is 2. The van der Waals surface area contributed by atoms with Crippen molar-refractivity contribution in [1.82, 2.24) is 5.32 Å². The van der Waals surface area contributed by atoms with Crippen molar-refractivity contribution in [3.05, 3.63) is 60.8 Å². The van der Waals surface area contributed by atoms with Crippen molar-refractivity contribution in [2.24, 2.45) is 0 Å². The molecule has 3 N–H and O–H groups in total. The fraction of sp³-hybridized carbons (Fsp3) is 0.786. The van der Waals surface area contributed by atoms with E-state index in [0.29, 0.717) is 19.3 Å². The van der Waals surface area contributed by atoms with Gasteiger partial charge >= 0.3 is 5.97 Å². The zero-order chi connectivity index (χ0) is 45.2. The second-order valence-corrected chi connectivity index (χ2v) is 18.0. The molecule has 3 atom stereocenters. The fourth-order valence-electron chi connectivity index (χ4n) is 7.81. The molecule has 0 heterocycles. The van der Waals surface area contributed by atoms with Crippen LogP contribution in [0.2, 0.25) is 0 Å². The molecule has 360 valence electrons. The molecule has 0 saturated heterocycles. The largest absolute Gasteiger partial charge is 0.462 e. The van der Waals surface area contributed by atoms with Crippen molar-refractivity contribution in [1.29, 1.82) is 0 Å². The van der Waals surface area contributed by atoms with Crippen molar-refractivity contribution < 1.29 is 24.5 Å². The normalized spacial score (nSPS) is 13.7. The first-order chi connectivity index (χ1) is 30.5. The van der Waals surface area contributed by atoms with Gasteiger partial charge in [-0.2, -0.15) is 0 Å². The number of ether oxygens (including phenoxy) is 1. The summed E-state index contributed by atoms with van der Waals surface area (Å²) in [5.41, 5.74) is 0. The minimum Gasteiger partial charge on any atom is -0.462 e. The summed E-state index contributed by atoms with van der Waals surface area (Å²) in [7, 11) is 0. The van der Waals surface area contributed by atoms with Crippen LogP contribution < -0.4 is 5.32 Å². The highest BCUT2D eigenvalue weighted by molar-refractivity contribution is 5.77. The molecule has 6 heteroatoms. The topological polar surface area (TPSA) is 95.9 Å². The SMILES string of the molecule is CCCCC/C=C\C/C=C\CCCCCCCC(CC(=O)NC(CO)C(O)CCCCCCCCCCCC)OC(=O)CCCCCCC/C=C/C=C/C=C/CCCCCCC. The van der Waals surface area contributed by atoms with Crippen molar-refractivity contribution in [3.63, 3.8) is 0 Å². The molecule has 0 aliphatic carbocycles. The highest BCUT2D eigenvalue weighted by Gasteiger charge is 2.24. The van der Waals surface area contributed by atoms with E-state index in [1.807, 2.05) is 0 Å². The number of amides is 1. The Bertz CT molecular complexity index is 1110. The van der Waals surface area contributed by atoms with Crippen LogP contribution in [0.5, 0.6) is 0 Å². The van der Waals surface area contributed by atoms with E-state index < -0.39 is 18.2 Å². The summed E-state index contributed by atoms with van der Waals surface area (Å²) in [6.45, 7) is 6.43. The summed E-state index contributed by atoms with van der Waals surface area (Å²) < 4.78 is 5.93. The molecule has 0 aromatic rings. The van der Waals surface area contributed by atoms with Crippen molar-refractivity contribution in [2.75, 3.05) is 6.61 Å². The molecule has 3 unspecified atom stereocenters. The standard InChI is InChI=1S/C56H101NO5/c1-4-7-10-13-16-19-22-24-26-27-28-30-32-34-37-40-43-46-49-56(61)62-52(47-44-41-38-35-33-31-29-25-23-20-17-14-11-8-5-2)50-55(60)57-53(51-58)54(59)48-45-42-39-36-21-18-15-12-9-6-3/h17,20,22,24-30,52-54,58-59H,4-16,18-19,21,23,31-51H2,1-3H3,(H,57,60)/b20-17-,24-22+,27-26+,29-25-,30-28+. The number of carbonyl (C=O) groups excluding carboxylic acids is 2. The second kappa shape index (κ2) is 49.6. The van der Waals surface area contributed by atoms with E-state index in [1.54, 1.807) is 0 Å². The van der Waals surface area contributed by atoms with Gasteiger partial charge < -0.3 is 20.3 Å². The van der Waals surface area contributed by atoms with E-state index in [1.165, 1.54) is 122 Å². The second-order valence-electron chi connectivity index (χ2n) is 18.0. The van der Waals surface area contributed by atoms with Gasteiger partial charge in [0.1, 0.15) is 6.10 Å². The number of allylic oxidation sites excluding steroid dienone is 10. The number of carbonyl (C=O) groups is 2. The zero-order valence-electron chi connectivity index (χ0n) is 41.0. The van der Waals surface area contributed by atoms with Crippen LogP contribution in [0, 0.1) is 0 Å². The highest BCUT2D eigenvalue weighted by Crippen LogP contribution is 2.17. The van der Waals surface area contributed by atoms with Crippen LogP contribution in [0.15, 0.2) is 60.8 Å². The van der Waals surface area contributed by atoms with Gasteiger partial charge in [0, 0.05) is 6.42 Å². The lowest BCUT2D eigenvalue weighted by molar-refractivity contribution is -0.151. The molecule has 0 radical (unpaired) electrons. The van der Waals surface area contributed by atoms with Crippen LogP contribution >= 0.6 is 0 Å². The summed E-state index contributed by atoms with van der Waals surface area (Å²) in [4.78, 5) is 26.2. The fourth-order valence-corrected chi connectivity index (χ4v) is 7.81. The lowest BCUT2D eigenvalue weighted by Crippen LogP contribution is -2.46. The first-order valence-corrected chi connectivity index (χ1v) is 26.5. The van der Waals surface area contributed by atoms with E-state index in [9.17, 15) is 19.8 Å². The van der Waals surface area contributed by atoms with Crippen LogP contribution in [-0.4, -0.2) is 46.9 Å². The first kappa shape index (κ1) is 59.6. The molecule has 1 amide bonds. The number of hydrogen-bond acceptors (Lipinski definition) is 5. The molecular weight excluding hydrogens is 767 g/mol. The van der Waals surface area contributed by atoms with Crippen molar-refractivity contribution in [2.45, 2.75) is 277 Å². The van der Waals surface area contributed by atoms with Crippen LogP contribution in [-0.2, 0) is 14.3 Å². The Kier molecular flexibility index (Phi) is 47.6. The molecule has 0 bridgehead atoms. The van der Waals surface area contributed by atoms with Gasteiger partial charge in [-0.3, -0.25) is 9.59 Å². The number of unbranched alkanes of at least 4 members (excludes halogenated alkanes) is 27. The monoisotopic (exact) mass is 868 g/mol. The Morgan fingerprint density at radius 3 is 1.39 bits per heavy atom. The van der Waals surface area contributed by atoms with Gasteiger partial charge in [0.15, 0.2) is 0 Å². The summed E-state index contributed by atoms with van der Waals surface area (Å²) in [6.07, 6.45) is 61.3. The van der Waals surface area contributed by atoms with Gasteiger partial charge in [0.05, 0.1) is 25.2 Å². The van der Waals surface area contributed by atoms with E-state index in [0.717, 1.165) is 89.9 Å². The number of hydrogen-bond donors (Lipinski definition) is 3. The Morgan fingerprint density at radius 2 is 0.887 bits per heavy atom. The Morgan fingerprint density at radius 1 is 0.484 bits per heavy atom. The summed E-state index contributed by atoms with van der Waals surface area (Å²) in [6, 6.07) is -0.711. The molecular formula is C56H101NO5. The smallest absolute Gasteiger partial charge is 0.306 e. The number of nitrogens with one attached hydrogen (secondary N) is 1. The van der Waals surface area contributed by atoms with Crippen LogP contribution in [0.25, 0.3) is 0 Å². The van der Waals surface area contributed by atoms with Gasteiger partial charge in [-0.05, 0) is 83.5 Å². The third-order valence-corrected chi connectivity index (χ3v) is 11.9. The quantitative estimate of drug-likeness (QED) is 0.0245. The minimum absolute atomic E-state index is 0.0587. The molecule has 0 aromatic carbocycles. The van der Waals surface area contributed by atoms with Gasteiger partial charge in [0.25, 0.3) is 0 Å². The van der Waals surface area contributed by atoms with E-state index in [-0.39, 0.29) is 24.9 Å². The average molecular weight is 868 g/mol. The van der Waals surface area contributed by atoms with Crippen LogP contribution in [0.1, 0.15) is 258 Å². The van der Waals surface area contributed by atoms with E-state index in [2.05, 4.69) is 86.8 Å². The lowest BCUT2D eigenvalue weighted by atomic mass is 10.0. The molecule has 0 aliphatic heterocycles. The molecule has 62 heavy (non-hydrogen) atoms. The van der Waals surface area contributed by atoms with Gasteiger partial charge in [-0.15, -0.1) is 0 Å². The molecule has 6 nitrogen and oxygen atoms in total. The van der Waals surface area contributed by atoms with E-state index in [4.69, 9.17) is 4.74 Å². The van der Waals surface area contributed by atoms with Crippen LogP contribution in [0.3, 0.4) is 0 Å². The number of rotatable bonds is 47. The maximum Gasteiger partial charge on any atom is 0.306 e. The molecule has 0 aliphatic rings. The summed E-state index contributed by atoms with van der Waals surface area (Å²) in [5, 5.41) is 23.7. The third kappa shape index (κ3) is 44.2. The molecule has 0 saturated carbocycles. The van der Waals surface area contributed by atoms with Crippen molar-refractivity contribution >= 4 is 11.9 Å². The minimum atomic E-state index is -0.796. The van der Waals surface area contributed by atoms with Gasteiger partial charge in [-0.25, -0.2) is 0 Å². The maximum absolute atomic E-state index is 13.2. The predicted octanol–water partition coefficient (Wildman–Crippen LogP) is 16.0.